The van der Waals surface area contributed by atoms with Crippen molar-refractivity contribution in [3.8, 4) is 6.07 Å². The molecule has 0 amide bonds. The number of hydrogen-bond donors (Lipinski definition) is 0. The second-order valence-electron chi connectivity index (χ2n) is 2.78. The fraction of sp³-hybridized carbons (Fsp3) is 0.111. The molecule has 5 nitrogen and oxygen atoms in total. The Labute approximate surface area is 93.6 Å². The van der Waals surface area contributed by atoms with Crippen molar-refractivity contribution in [2.45, 2.75) is 6.92 Å². The summed E-state index contributed by atoms with van der Waals surface area (Å²) in [6.45, 7) is 1.28. The summed E-state index contributed by atoms with van der Waals surface area (Å²) in [5, 5.41) is 19.3. The Morgan fingerprint density at radius 2 is 2.20 bits per heavy atom. The molecule has 1 rings (SSSR count). The van der Waals surface area contributed by atoms with Gasteiger partial charge in [0.05, 0.1) is 16.6 Å². The predicted molar refractivity (Wildman–Crippen MR) is 55.5 cm³/mol. The third kappa shape index (κ3) is 2.19. The third-order valence-electron chi connectivity index (χ3n) is 1.76. The van der Waals surface area contributed by atoms with Crippen molar-refractivity contribution in [2.24, 2.45) is 0 Å². The number of carbonyl (C=O) groups is 1. The highest BCUT2D eigenvalue weighted by molar-refractivity contribution is 9.10. The molecule has 0 aliphatic rings. The molecule has 0 saturated heterocycles. The molecule has 0 N–H and O–H groups in total. The number of nitro benzene ring substituents is 1. The molecular formula is C9H5BrN2O3. The van der Waals surface area contributed by atoms with Crippen molar-refractivity contribution in [3.63, 3.8) is 0 Å². The largest absolute Gasteiger partial charge is 0.294 e. The first-order valence-corrected chi connectivity index (χ1v) is 4.65. The van der Waals surface area contributed by atoms with Gasteiger partial charge in [-0.2, -0.15) is 5.26 Å². The van der Waals surface area contributed by atoms with Crippen LogP contribution in [0.3, 0.4) is 0 Å². The summed E-state index contributed by atoms with van der Waals surface area (Å²) in [6, 6.07) is 4.21. The van der Waals surface area contributed by atoms with Crippen LogP contribution in [0.25, 0.3) is 0 Å². The van der Waals surface area contributed by atoms with Gasteiger partial charge in [0.2, 0.25) is 0 Å². The Hall–Kier alpha value is -1.74. The summed E-state index contributed by atoms with van der Waals surface area (Å²) in [6.07, 6.45) is 0. The molecule has 0 unspecified atom stereocenters. The number of carbonyl (C=O) groups excluding carboxylic acids is 1. The number of Topliss-reactive ketones (excluding diaryl/α,β-unsaturated/α-hetero) is 1. The van der Waals surface area contributed by atoms with Crippen molar-refractivity contribution in [2.75, 3.05) is 0 Å². The third-order valence-corrected chi connectivity index (χ3v) is 2.59. The van der Waals surface area contributed by atoms with Crippen molar-refractivity contribution < 1.29 is 9.72 Å². The Morgan fingerprint density at radius 3 is 2.60 bits per heavy atom. The summed E-state index contributed by atoms with van der Waals surface area (Å²) < 4.78 is 0.110. The number of ketones is 1. The lowest BCUT2D eigenvalue weighted by atomic mass is 10.1. The van der Waals surface area contributed by atoms with Crippen LogP contribution in [0.5, 0.6) is 0 Å². The molecule has 0 radical (unpaired) electrons. The summed E-state index contributed by atoms with van der Waals surface area (Å²) in [4.78, 5) is 21.1. The average molecular weight is 269 g/mol. The first kappa shape index (κ1) is 11.3. The van der Waals surface area contributed by atoms with E-state index in [1.807, 2.05) is 0 Å². The fourth-order valence-corrected chi connectivity index (χ4v) is 1.72. The molecule has 0 heterocycles. The van der Waals surface area contributed by atoms with Crippen LogP contribution in [0, 0.1) is 21.4 Å². The molecule has 0 bridgehead atoms. The van der Waals surface area contributed by atoms with Gasteiger partial charge in [0, 0.05) is 11.6 Å². The van der Waals surface area contributed by atoms with Crippen LogP contribution >= 0.6 is 15.9 Å². The van der Waals surface area contributed by atoms with Gasteiger partial charge in [-0.05, 0) is 28.9 Å². The molecule has 0 aliphatic carbocycles. The molecule has 1 aromatic rings. The lowest BCUT2D eigenvalue weighted by Gasteiger charge is -2.01. The molecule has 0 fully saturated rings. The maximum atomic E-state index is 11.1. The zero-order valence-electron chi connectivity index (χ0n) is 7.65. The van der Waals surface area contributed by atoms with Crippen molar-refractivity contribution in [1.82, 2.24) is 0 Å². The number of nitro groups is 1. The summed E-state index contributed by atoms with van der Waals surface area (Å²) in [5.41, 5.74) is -0.0462. The van der Waals surface area contributed by atoms with E-state index in [0.717, 1.165) is 6.07 Å². The van der Waals surface area contributed by atoms with Gasteiger partial charge in [0.25, 0.3) is 5.69 Å². The van der Waals surface area contributed by atoms with Crippen LogP contribution in [-0.4, -0.2) is 10.7 Å². The van der Waals surface area contributed by atoms with E-state index < -0.39 is 4.92 Å². The number of nitriles is 1. The maximum Gasteiger partial charge on any atom is 0.285 e. The van der Waals surface area contributed by atoms with E-state index in [0.29, 0.717) is 0 Å². The summed E-state index contributed by atoms with van der Waals surface area (Å²) in [7, 11) is 0. The number of halogens is 1. The quantitative estimate of drug-likeness (QED) is 0.469. The fourth-order valence-electron chi connectivity index (χ4n) is 1.06. The minimum atomic E-state index is -0.642. The zero-order valence-corrected chi connectivity index (χ0v) is 9.24. The number of nitrogens with zero attached hydrogens (tertiary/aromatic N) is 2. The second kappa shape index (κ2) is 4.19. The minimum absolute atomic E-state index is 0.0927. The number of rotatable bonds is 2. The highest BCUT2D eigenvalue weighted by atomic mass is 79.9. The monoisotopic (exact) mass is 268 g/mol. The minimum Gasteiger partial charge on any atom is -0.294 e. The Bertz CT molecular complexity index is 456. The molecular weight excluding hydrogens is 264 g/mol. The van der Waals surface area contributed by atoms with E-state index in [-0.39, 0.29) is 27.1 Å². The zero-order chi connectivity index (χ0) is 11.6. The second-order valence-corrected chi connectivity index (χ2v) is 3.58. The lowest BCUT2D eigenvalue weighted by molar-refractivity contribution is -0.385. The van der Waals surface area contributed by atoms with Crippen LogP contribution in [0.2, 0.25) is 0 Å². The molecule has 6 heteroatoms. The van der Waals surface area contributed by atoms with Crippen molar-refractivity contribution in [3.05, 3.63) is 37.8 Å². The topological polar surface area (TPSA) is 84.0 Å². The van der Waals surface area contributed by atoms with Crippen molar-refractivity contribution in [1.29, 1.82) is 5.26 Å². The van der Waals surface area contributed by atoms with E-state index in [9.17, 15) is 14.9 Å². The van der Waals surface area contributed by atoms with E-state index >= 15 is 0 Å². The molecule has 0 aromatic heterocycles. The van der Waals surface area contributed by atoms with Gasteiger partial charge in [-0.15, -0.1) is 0 Å². The smallest absolute Gasteiger partial charge is 0.285 e. The molecule has 0 saturated carbocycles. The maximum absolute atomic E-state index is 11.1. The molecule has 76 valence electrons. The van der Waals surface area contributed by atoms with Crippen LogP contribution in [0.1, 0.15) is 22.8 Å². The van der Waals surface area contributed by atoms with Gasteiger partial charge >= 0.3 is 0 Å². The summed E-state index contributed by atoms with van der Waals surface area (Å²) in [5.74, 6) is -0.331. The molecule has 0 aliphatic heterocycles. The average Bonchev–Trinajstić information content (AvgIpc) is 2.17. The van der Waals surface area contributed by atoms with Crippen LogP contribution in [0.15, 0.2) is 16.6 Å². The summed E-state index contributed by atoms with van der Waals surface area (Å²) >= 11 is 2.97. The van der Waals surface area contributed by atoms with E-state index in [1.165, 1.54) is 13.0 Å². The van der Waals surface area contributed by atoms with E-state index in [1.54, 1.807) is 6.07 Å². The van der Waals surface area contributed by atoms with Gasteiger partial charge in [-0.3, -0.25) is 14.9 Å². The SMILES string of the molecule is CC(=O)c1cc(C#N)cc([N+](=O)[O-])c1Br. The van der Waals surface area contributed by atoms with E-state index in [4.69, 9.17) is 5.26 Å². The normalized spacial score (nSPS) is 9.40. The van der Waals surface area contributed by atoms with Gasteiger partial charge in [-0.25, -0.2) is 0 Å². The highest BCUT2D eigenvalue weighted by Crippen LogP contribution is 2.30. The molecule has 1 aromatic carbocycles. The standard InChI is InChI=1S/C9H5BrN2O3/c1-5(13)7-2-6(4-11)3-8(9(7)10)12(14)15/h2-3H,1H3. The number of hydrogen-bond acceptors (Lipinski definition) is 4. The first-order valence-electron chi connectivity index (χ1n) is 3.86. The van der Waals surface area contributed by atoms with Gasteiger partial charge in [0.15, 0.2) is 5.78 Å². The predicted octanol–water partition coefficient (Wildman–Crippen LogP) is 2.43. The van der Waals surface area contributed by atoms with E-state index in [2.05, 4.69) is 15.9 Å². The van der Waals surface area contributed by atoms with Crippen LogP contribution in [-0.2, 0) is 0 Å². The van der Waals surface area contributed by atoms with Gasteiger partial charge in [0.1, 0.15) is 4.47 Å². The Morgan fingerprint density at radius 1 is 1.60 bits per heavy atom. The molecule has 0 spiro atoms. The Kier molecular flexibility index (Phi) is 3.17. The van der Waals surface area contributed by atoms with Gasteiger partial charge in [-0.1, -0.05) is 0 Å². The van der Waals surface area contributed by atoms with Crippen LogP contribution < -0.4 is 0 Å². The van der Waals surface area contributed by atoms with Crippen LogP contribution in [0.4, 0.5) is 5.69 Å². The Balaban J connectivity index is 3.56. The molecule has 15 heavy (non-hydrogen) atoms. The highest BCUT2D eigenvalue weighted by Gasteiger charge is 2.19. The lowest BCUT2D eigenvalue weighted by Crippen LogP contribution is -1.99. The van der Waals surface area contributed by atoms with Crippen molar-refractivity contribution >= 4 is 27.4 Å². The number of benzene rings is 1. The first-order chi connectivity index (χ1) is 6.97. The van der Waals surface area contributed by atoms with Gasteiger partial charge < -0.3 is 0 Å². The molecule has 0 atom stereocenters.